The summed E-state index contributed by atoms with van der Waals surface area (Å²) in [5.74, 6) is -0.917. The maximum atomic E-state index is 14.2. The van der Waals surface area contributed by atoms with E-state index in [2.05, 4.69) is 0 Å². The van der Waals surface area contributed by atoms with Gasteiger partial charge in [0, 0.05) is 22.0 Å². The standard InChI is InChI=1S/C21H15Cl2F6NOS/c1-11-4-12(2-3-17(11)18(31)30-10-20(24,25)26)13-8-19(32-9-13,21(27,28)29)14-5-15(22)7-16(23)6-14/h2-7,9H,8,10H2,1H3,(H,30,31). The Kier molecular flexibility index (Phi) is 6.85. The highest BCUT2D eigenvalue weighted by molar-refractivity contribution is 8.03. The lowest BCUT2D eigenvalue weighted by Gasteiger charge is -2.32. The highest BCUT2D eigenvalue weighted by atomic mass is 35.5. The lowest BCUT2D eigenvalue weighted by Crippen LogP contribution is -2.37. The third-order valence-electron chi connectivity index (χ3n) is 4.92. The molecule has 0 radical (unpaired) electrons. The molecule has 1 atom stereocenters. The Labute approximate surface area is 194 Å². The molecule has 0 fully saturated rings. The molecule has 2 aromatic rings. The average molecular weight is 514 g/mol. The van der Waals surface area contributed by atoms with Crippen molar-refractivity contribution in [2.75, 3.05) is 6.54 Å². The van der Waals surface area contributed by atoms with E-state index < -0.39 is 36.0 Å². The van der Waals surface area contributed by atoms with Crippen molar-refractivity contribution in [1.29, 1.82) is 0 Å². The van der Waals surface area contributed by atoms with E-state index >= 15 is 0 Å². The summed E-state index contributed by atoms with van der Waals surface area (Å²) in [7, 11) is 0. The smallest absolute Gasteiger partial charge is 0.343 e. The minimum atomic E-state index is -4.63. The summed E-state index contributed by atoms with van der Waals surface area (Å²) in [4.78, 5) is 12.0. The number of nitrogens with one attached hydrogen (secondary N) is 1. The van der Waals surface area contributed by atoms with Crippen LogP contribution in [0.15, 0.2) is 41.8 Å². The number of allylic oxidation sites excluding steroid dienone is 1. The zero-order valence-electron chi connectivity index (χ0n) is 16.3. The summed E-state index contributed by atoms with van der Waals surface area (Å²) in [6.45, 7) is 0.0214. The highest BCUT2D eigenvalue weighted by Gasteiger charge is 2.58. The van der Waals surface area contributed by atoms with Gasteiger partial charge >= 0.3 is 12.4 Å². The van der Waals surface area contributed by atoms with Crippen LogP contribution >= 0.6 is 35.0 Å². The number of carbonyl (C=O) groups excluding carboxylic acids is 1. The highest BCUT2D eigenvalue weighted by Crippen LogP contribution is 2.60. The normalized spacial score (nSPS) is 19.1. The molecule has 1 aliphatic rings. The van der Waals surface area contributed by atoms with Crippen molar-refractivity contribution in [1.82, 2.24) is 5.32 Å². The Bertz CT molecular complexity index is 1060. The van der Waals surface area contributed by atoms with Crippen molar-refractivity contribution in [2.45, 2.75) is 30.4 Å². The number of rotatable bonds is 4. The molecule has 1 N–H and O–H groups in total. The van der Waals surface area contributed by atoms with Crippen molar-refractivity contribution < 1.29 is 31.1 Å². The van der Waals surface area contributed by atoms with E-state index in [4.69, 9.17) is 23.2 Å². The third-order valence-corrected chi connectivity index (χ3v) is 6.77. The van der Waals surface area contributed by atoms with Crippen LogP contribution < -0.4 is 5.32 Å². The minimum absolute atomic E-state index is 0.00737. The molecule has 1 heterocycles. The fourth-order valence-electron chi connectivity index (χ4n) is 3.38. The zero-order valence-corrected chi connectivity index (χ0v) is 18.6. The van der Waals surface area contributed by atoms with Gasteiger partial charge in [-0.25, -0.2) is 0 Å². The molecule has 11 heteroatoms. The molecule has 0 aliphatic carbocycles. The SMILES string of the molecule is Cc1cc(C2=CSC(c3cc(Cl)cc(Cl)c3)(C(F)(F)F)C2)ccc1C(=O)NCC(F)(F)F. The molecule has 0 aromatic heterocycles. The van der Waals surface area contributed by atoms with Crippen LogP contribution in [0.2, 0.25) is 10.0 Å². The Hall–Kier alpha value is -1.84. The molecule has 0 saturated heterocycles. The van der Waals surface area contributed by atoms with Gasteiger partial charge in [0.2, 0.25) is 0 Å². The van der Waals surface area contributed by atoms with Crippen LogP contribution in [-0.2, 0) is 4.75 Å². The largest absolute Gasteiger partial charge is 0.407 e. The fourth-order valence-corrected chi connectivity index (χ4v) is 5.09. The maximum absolute atomic E-state index is 14.2. The molecule has 3 rings (SSSR count). The summed E-state index contributed by atoms with van der Waals surface area (Å²) in [5, 5.41) is 3.32. The first-order valence-corrected chi connectivity index (χ1v) is 10.7. The molecule has 172 valence electrons. The van der Waals surface area contributed by atoms with Crippen LogP contribution in [0.4, 0.5) is 26.3 Å². The third kappa shape index (κ3) is 5.21. The fraction of sp³-hybridized carbons (Fsp3) is 0.286. The topological polar surface area (TPSA) is 29.1 Å². The van der Waals surface area contributed by atoms with Gasteiger partial charge in [0.25, 0.3) is 5.91 Å². The molecule has 0 saturated carbocycles. The number of amides is 1. The van der Waals surface area contributed by atoms with Gasteiger partial charge in [-0.15, -0.1) is 11.8 Å². The Morgan fingerprint density at radius 2 is 1.69 bits per heavy atom. The second-order valence-electron chi connectivity index (χ2n) is 7.25. The van der Waals surface area contributed by atoms with Crippen molar-refractivity contribution >= 4 is 46.4 Å². The molecule has 2 nitrogen and oxygen atoms in total. The van der Waals surface area contributed by atoms with E-state index in [1.54, 1.807) is 5.32 Å². The minimum Gasteiger partial charge on any atom is -0.343 e. The maximum Gasteiger partial charge on any atom is 0.407 e. The van der Waals surface area contributed by atoms with Crippen molar-refractivity contribution in [3.8, 4) is 0 Å². The lowest BCUT2D eigenvalue weighted by molar-refractivity contribution is -0.160. The van der Waals surface area contributed by atoms with Crippen molar-refractivity contribution in [3.63, 3.8) is 0 Å². The van der Waals surface area contributed by atoms with Gasteiger partial charge < -0.3 is 5.32 Å². The number of hydrogen-bond donors (Lipinski definition) is 1. The van der Waals surface area contributed by atoms with Gasteiger partial charge in [-0.3, -0.25) is 4.79 Å². The van der Waals surface area contributed by atoms with E-state index in [1.807, 2.05) is 0 Å². The quantitative estimate of drug-likeness (QED) is 0.428. The first kappa shape index (κ1) is 24.8. The van der Waals surface area contributed by atoms with E-state index in [9.17, 15) is 31.1 Å². The molecule has 32 heavy (non-hydrogen) atoms. The summed E-state index contributed by atoms with van der Waals surface area (Å²) in [6.07, 6.45) is -9.59. The van der Waals surface area contributed by atoms with E-state index in [0.717, 1.165) is 0 Å². The molecule has 1 aliphatic heterocycles. The van der Waals surface area contributed by atoms with Crippen LogP contribution in [-0.4, -0.2) is 24.8 Å². The number of thioether (sulfide) groups is 1. The Morgan fingerprint density at radius 1 is 1.06 bits per heavy atom. The summed E-state index contributed by atoms with van der Waals surface area (Å²) < 4.78 is 77.3. The van der Waals surface area contributed by atoms with Gasteiger partial charge in [0.15, 0.2) is 0 Å². The van der Waals surface area contributed by atoms with Gasteiger partial charge in [0.1, 0.15) is 11.3 Å². The number of alkyl halides is 6. The van der Waals surface area contributed by atoms with Gasteiger partial charge in [-0.05, 0) is 58.9 Å². The van der Waals surface area contributed by atoms with Gasteiger partial charge in [-0.2, -0.15) is 26.3 Å². The number of carbonyl (C=O) groups is 1. The van der Waals surface area contributed by atoms with E-state index in [1.165, 1.54) is 48.7 Å². The number of halogens is 8. The van der Waals surface area contributed by atoms with Gasteiger partial charge in [0.05, 0.1) is 0 Å². The molecule has 1 unspecified atom stereocenters. The summed E-state index contributed by atoms with van der Waals surface area (Å²) in [5.41, 5.74) is 1.06. The van der Waals surface area contributed by atoms with Crippen molar-refractivity contribution in [2.24, 2.45) is 0 Å². The van der Waals surface area contributed by atoms with E-state index in [0.29, 0.717) is 28.5 Å². The Morgan fingerprint density at radius 3 is 2.22 bits per heavy atom. The molecular weight excluding hydrogens is 499 g/mol. The van der Waals surface area contributed by atoms with Crippen LogP contribution in [0, 0.1) is 6.92 Å². The monoisotopic (exact) mass is 513 g/mol. The zero-order chi connectivity index (χ0) is 23.9. The summed E-state index contributed by atoms with van der Waals surface area (Å²) >= 11 is 12.4. The van der Waals surface area contributed by atoms with Crippen LogP contribution in [0.25, 0.3) is 5.57 Å². The van der Waals surface area contributed by atoms with Gasteiger partial charge in [-0.1, -0.05) is 35.3 Å². The van der Waals surface area contributed by atoms with Crippen LogP contribution in [0.3, 0.4) is 0 Å². The Balaban J connectivity index is 1.88. The average Bonchev–Trinajstić information content (AvgIpc) is 3.11. The molecule has 1 amide bonds. The van der Waals surface area contributed by atoms with Crippen molar-refractivity contribution in [3.05, 3.63) is 74.1 Å². The second-order valence-corrected chi connectivity index (χ2v) is 9.29. The molecule has 0 spiro atoms. The molecular formula is C21H15Cl2F6NOS. The number of hydrogen-bond acceptors (Lipinski definition) is 2. The number of aryl methyl sites for hydroxylation is 1. The predicted molar refractivity (Wildman–Crippen MR) is 114 cm³/mol. The first-order valence-electron chi connectivity index (χ1n) is 9.08. The lowest BCUT2D eigenvalue weighted by atomic mass is 9.87. The molecule has 0 bridgehead atoms. The predicted octanol–water partition coefficient (Wildman–Crippen LogP) is 7.53. The van der Waals surface area contributed by atoms with Crippen LogP contribution in [0.1, 0.15) is 33.5 Å². The summed E-state index contributed by atoms with van der Waals surface area (Å²) in [6, 6.07) is 7.99. The van der Waals surface area contributed by atoms with E-state index in [-0.39, 0.29) is 21.2 Å². The number of benzene rings is 2. The molecule has 2 aromatic carbocycles. The first-order chi connectivity index (χ1) is 14.7. The second kappa shape index (κ2) is 8.83. The van der Waals surface area contributed by atoms with Crippen LogP contribution in [0.5, 0.6) is 0 Å².